The molecular weight excluding hydrogens is 352 g/mol. The number of ether oxygens (including phenoxy) is 2. The quantitative estimate of drug-likeness (QED) is 0.289. The second kappa shape index (κ2) is 8.87. The highest BCUT2D eigenvalue weighted by Crippen LogP contribution is 2.44. The largest absolute Gasteiger partial charge is 0.425 e. The summed E-state index contributed by atoms with van der Waals surface area (Å²) in [5.74, 6) is 0.577. The Balaban J connectivity index is 2.34. The van der Waals surface area contributed by atoms with Gasteiger partial charge in [0.2, 0.25) is 0 Å². The molecule has 0 N–H and O–H groups in total. The zero-order valence-electron chi connectivity index (χ0n) is 16.7. The van der Waals surface area contributed by atoms with Crippen LogP contribution in [0.4, 0.5) is 0 Å². The second-order valence-electron chi connectivity index (χ2n) is 6.85. The van der Waals surface area contributed by atoms with E-state index < -0.39 is 0 Å². The summed E-state index contributed by atoms with van der Waals surface area (Å²) in [7, 11) is 0. The molecule has 3 aromatic rings. The molecule has 146 valence electrons. The van der Waals surface area contributed by atoms with Crippen LogP contribution in [0, 0.1) is 0 Å². The number of rotatable bonds is 7. The lowest BCUT2D eigenvalue weighted by molar-refractivity contribution is -0.135. The number of hydrogen-bond donors (Lipinski definition) is 0. The molecule has 4 nitrogen and oxygen atoms in total. The van der Waals surface area contributed by atoms with Crippen LogP contribution in [0.25, 0.3) is 21.5 Å². The molecule has 3 aromatic carbocycles. The highest BCUT2D eigenvalue weighted by molar-refractivity contribution is 6.13. The molecule has 0 atom stereocenters. The monoisotopic (exact) mass is 378 g/mol. The molecule has 0 amide bonds. The van der Waals surface area contributed by atoms with E-state index in [2.05, 4.69) is 6.92 Å². The molecule has 0 radical (unpaired) electrons. The average molecular weight is 378 g/mol. The molecular formula is C24H26O4. The van der Waals surface area contributed by atoms with Crippen LogP contribution in [0.1, 0.15) is 52.0 Å². The van der Waals surface area contributed by atoms with Gasteiger partial charge in [-0.25, -0.2) is 0 Å². The molecule has 0 fully saturated rings. The van der Waals surface area contributed by atoms with Crippen molar-refractivity contribution in [1.29, 1.82) is 0 Å². The molecule has 4 heteroatoms. The van der Waals surface area contributed by atoms with Crippen LogP contribution in [0.3, 0.4) is 0 Å². The highest BCUT2D eigenvalue weighted by Gasteiger charge is 2.21. The van der Waals surface area contributed by atoms with Crippen LogP contribution < -0.4 is 9.47 Å². The summed E-state index contributed by atoms with van der Waals surface area (Å²) < 4.78 is 11.7. The molecule has 28 heavy (non-hydrogen) atoms. The van der Waals surface area contributed by atoms with Gasteiger partial charge in [-0.05, 0) is 24.8 Å². The molecule has 0 spiro atoms. The second-order valence-corrected chi connectivity index (χ2v) is 6.85. The van der Waals surface area contributed by atoms with Crippen molar-refractivity contribution in [1.82, 2.24) is 0 Å². The molecule has 0 aliphatic rings. The fourth-order valence-corrected chi connectivity index (χ4v) is 3.46. The van der Waals surface area contributed by atoms with Crippen molar-refractivity contribution in [3.05, 3.63) is 48.0 Å². The molecule has 0 saturated carbocycles. The molecule has 3 rings (SSSR count). The maximum absolute atomic E-state index is 12.3. The Labute approximate surface area is 165 Å². The molecule has 0 heterocycles. The molecule has 0 aromatic heterocycles. The average Bonchev–Trinajstić information content (AvgIpc) is 2.70. The zero-order chi connectivity index (χ0) is 20.1. The van der Waals surface area contributed by atoms with Crippen LogP contribution in [0.5, 0.6) is 11.5 Å². The van der Waals surface area contributed by atoms with Gasteiger partial charge in [-0.15, -0.1) is 0 Å². The Morgan fingerprint density at radius 1 is 0.714 bits per heavy atom. The standard InChI is InChI=1S/C24H26O4/c1-4-10-20(25)27-23-17-13-7-8-14-18(17)24(28-21(26)11-5-2)22-16(6-3)12-9-15-19(22)23/h7-9,12-15H,4-6,10-11H2,1-3H3. The first-order chi connectivity index (χ1) is 13.6. The summed E-state index contributed by atoms with van der Waals surface area (Å²) in [5.41, 5.74) is 1.05. The van der Waals surface area contributed by atoms with E-state index in [0.717, 1.165) is 46.4 Å². The molecule has 0 aliphatic carbocycles. The number of hydrogen-bond acceptors (Lipinski definition) is 4. The maximum atomic E-state index is 12.3. The molecule has 0 unspecified atom stereocenters. The van der Waals surface area contributed by atoms with E-state index in [0.29, 0.717) is 24.3 Å². The predicted octanol–water partition coefficient (Wildman–Crippen LogP) is 5.97. The fraction of sp³-hybridized carbons (Fsp3) is 0.333. The van der Waals surface area contributed by atoms with Crippen LogP contribution in [-0.4, -0.2) is 11.9 Å². The van der Waals surface area contributed by atoms with Crippen molar-refractivity contribution in [3.63, 3.8) is 0 Å². The van der Waals surface area contributed by atoms with E-state index in [1.807, 2.05) is 56.3 Å². The minimum atomic E-state index is -0.258. The van der Waals surface area contributed by atoms with Gasteiger partial charge in [0.1, 0.15) is 11.5 Å². The van der Waals surface area contributed by atoms with Gasteiger partial charge in [-0.1, -0.05) is 63.2 Å². The van der Waals surface area contributed by atoms with E-state index in [1.54, 1.807) is 0 Å². The van der Waals surface area contributed by atoms with Gasteiger partial charge in [0, 0.05) is 34.4 Å². The first kappa shape index (κ1) is 19.9. The Kier molecular flexibility index (Phi) is 6.30. The summed E-state index contributed by atoms with van der Waals surface area (Å²) in [6, 6.07) is 13.5. The first-order valence-electron chi connectivity index (χ1n) is 9.98. The van der Waals surface area contributed by atoms with E-state index in [9.17, 15) is 9.59 Å². The van der Waals surface area contributed by atoms with Gasteiger partial charge in [0.15, 0.2) is 0 Å². The fourth-order valence-electron chi connectivity index (χ4n) is 3.46. The van der Waals surface area contributed by atoms with Gasteiger partial charge in [-0.2, -0.15) is 0 Å². The van der Waals surface area contributed by atoms with Gasteiger partial charge in [0.05, 0.1) is 0 Å². The number of fused-ring (bicyclic) bond motifs is 2. The minimum Gasteiger partial charge on any atom is -0.425 e. The third-order valence-corrected chi connectivity index (χ3v) is 4.76. The van der Waals surface area contributed by atoms with Crippen LogP contribution in [0.15, 0.2) is 42.5 Å². The zero-order valence-corrected chi connectivity index (χ0v) is 16.7. The Bertz CT molecular complexity index is 1020. The number of benzene rings is 3. The van der Waals surface area contributed by atoms with E-state index in [1.165, 1.54) is 0 Å². The molecule has 0 saturated heterocycles. The molecule has 0 bridgehead atoms. The lowest BCUT2D eigenvalue weighted by atomic mass is 9.96. The van der Waals surface area contributed by atoms with Crippen molar-refractivity contribution >= 4 is 33.5 Å². The van der Waals surface area contributed by atoms with Crippen molar-refractivity contribution in [2.24, 2.45) is 0 Å². The minimum absolute atomic E-state index is 0.254. The summed E-state index contributed by atoms with van der Waals surface area (Å²) in [4.78, 5) is 24.6. The van der Waals surface area contributed by atoms with E-state index in [4.69, 9.17) is 9.47 Å². The topological polar surface area (TPSA) is 52.6 Å². The van der Waals surface area contributed by atoms with Crippen molar-refractivity contribution in [2.75, 3.05) is 0 Å². The number of esters is 2. The molecule has 0 aliphatic heterocycles. The Morgan fingerprint density at radius 2 is 1.25 bits per heavy atom. The van der Waals surface area contributed by atoms with Gasteiger partial charge in [-0.3, -0.25) is 9.59 Å². The van der Waals surface area contributed by atoms with Gasteiger partial charge < -0.3 is 9.47 Å². The van der Waals surface area contributed by atoms with Crippen molar-refractivity contribution < 1.29 is 19.1 Å². The summed E-state index contributed by atoms with van der Waals surface area (Å²) in [5, 5.41) is 3.18. The predicted molar refractivity (Wildman–Crippen MR) is 112 cm³/mol. The van der Waals surface area contributed by atoms with E-state index >= 15 is 0 Å². The lowest BCUT2D eigenvalue weighted by Gasteiger charge is -2.18. The van der Waals surface area contributed by atoms with Crippen molar-refractivity contribution in [3.8, 4) is 11.5 Å². The maximum Gasteiger partial charge on any atom is 0.311 e. The smallest absolute Gasteiger partial charge is 0.311 e. The van der Waals surface area contributed by atoms with Crippen LogP contribution >= 0.6 is 0 Å². The SMILES string of the molecule is CCCC(=O)Oc1c2ccccc2c(OC(=O)CCC)c2c(CC)cccc12. The van der Waals surface area contributed by atoms with Crippen LogP contribution in [0.2, 0.25) is 0 Å². The first-order valence-corrected chi connectivity index (χ1v) is 9.98. The normalized spacial score (nSPS) is 11.0. The Morgan fingerprint density at radius 3 is 1.82 bits per heavy atom. The summed E-state index contributed by atoms with van der Waals surface area (Å²) >= 11 is 0. The third-order valence-electron chi connectivity index (χ3n) is 4.76. The third kappa shape index (κ3) is 3.86. The number of carbonyl (C=O) groups excluding carboxylic acids is 2. The lowest BCUT2D eigenvalue weighted by Crippen LogP contribution is -2.10. The van der Waals surface area contributed by atoms with Gasteiger partial charge >= 0.3 is 11.9 Å². The summed E-state index contributed by atoms with van der Waals surface area (Å²) in [6.07, 6.45) is 2.94. The number of carbonyl (C=O) groups is 2. The Hall–Kier alpha value is -2.88. The van der Waals surface area contributed by atoms with Crippen LogP contribution in [-0.2, 0) is 16.0 Å². The highest BCUT2D eigenvalue weighted by atomic mass is 16.5. The summed E-state index contributed by atoms with van der Waals surface area (Å²) in [6.45, 7) is 5.96. The van der Waals surface area contributed by atoms with Gasteiger partial charge in [0.25, 0.3) is 0 Å². The van der Waals surface area contributed by atoms with Crippen molar-refractivity contribution in [2.45, 2.75) is 52.9 Å². The van der Waals surface area contributed by atoms with E-state index in [-0.39, 0.29) is 11.9 Å². The number of aryl methyl sites for hydroxylation is 1.